The summed E-state index contributed by atoms with van der Waals surface area (Å²) in [6.45, 7) is 5.63. The minimum atomic E-state index is -1.01. The number of amides is 2. The van der Waals surface area contributed by atoms with E-state index in [1.165, 1.54) is 17.8 Å². The second kappa shape index (κ2) is 10.2. The van der Waals surface area contributed by atoms with Gasteiger partial charge in [0, 0.05) is 23.9 Å². The second-order valence-corrected chi connectivity index (χ2v) is 8.00. The first-order valence-electron chi connectivity index (χ1n) is 9.01. The van der Waals surface area contributed by atoms with Gasteiger partial charge in [0.15, 0.2) is 11.6 Å². The monoisotopic (exact) mass is 406 g/mol. The molecule has 0 aliphatic carbocycles. The predicted octanol–water partition coefficient (Wildman–Crippen LogP) is 5.06. The molecule has 2 aromatic carbocycles. The van der Waals surface area contributed by atoms with Crippen molar-refractivity contribution in [3.05, 3.63) is 59.2 Å². The van der Waals surface area contributed by atoms with Crippen molar-refractivity contribution in [2.75, 3.05) is 16.4 Å². The molecule has 28 heavy (non-hydrogen) atoms. The van der Waals surface area contributed by atoms with Crippen molar-refractivity contribution in [2.45, 2.75) is 38.9 Å². The van der Waals surface area contributed by atoms with Gasteiger partial charge in [-0.15, -0.1) is 11.8 Å². The molecule has 2 N–H and O–H groups in total. The van der Waals surface area contributed by atoms with E-state index in [9.17, 15) is 18.4 Å². The fourth-order valence-corrected chi connectivity index (χ4v) is 3.47. The lowest BCUT2D eigenvalue weighted by molar-refractivity contribution is -0.116. The first-order chi connectivity index (χ1) is 13.3. The Bertz CT molecular complexity index is 838. The predicted molar refractivity (Wildman–Crippen MR) is 111 cm³/mol. The SMILES string of the molecule is Cc1cccc(C)c1NC(=O)CCCSC(C)C(=O)Nc1ccc(F)c(F)c1. The molecular weight excluding hydrogens is 382 g/mol. The number of rotatable bonds is 8. The number of carbonyl (C=O) groups excluding carboxylic acids is 2. The highest BCUT2D eigenvalue weighted by Crippen LogP contribution is 2.21. The van der Waals surface area contributed by atoms with Crippen LogP contribution >= 0.6 is 11.8 Å². The molecule has 2 rings (SSSR count). The van der Waals surface area contributed by atoms with Crippen LogP contribution in [-0.4, -0.2) is 22.8 Å². The van der Waals surface area contributed by atoms with E-state index in [0.717, 1.165) is 28.9 Å². The third-order valence-electron chi connectivity index (χ3n) is 4.22. The quantitative estimate of drug-likeness (QED) is 0.603. The topological polar surface area (TPSA) is 58.2 Å². The summed E-state index contributed by atoms with van der Waals surface area (Å²) in [5, 5.41) is 5.12. The molecule has 0 heterocycles. The average molecular weight is 406 g/mol. The Hall–Kier alpha value is -2.41. The molecule has 0 aliphatic heterocycles. The Kier molecular flexibility index (Phi) is 7.99. The molecule has 2 aromatic rings. The zero-order valence-corrected chi connectivity index (χ0v) is 17.0. The summed E-state index contributed by atoms with van der Waals surface area (Å²) >= 11 is 1.41. The van der Waals surface area contributed by atoms with Crippen LogP contribution in [0.1, 0.15) is 30.9 Å². The first kappa shape index (κ1) is 21.9. The molecule has 0 fully saturated rings. The van der Waals surface area contributed by atoms with E-state index in [1.54, 1.807) is 6.92 Å². The van der Waals surface area contributed by atoms with Crippen LogP contribution < -0.4 is 10.6 Å². The van der Waals surface area contributed by atoms with Gasteiger partial charge in [-0.3, -0.25) is 9.59 Å². The van der Waals surface area contributed by atoms with Crippen molar-refractivity contribution in [3.8, 4) is 0 Å². The van der Waals surface area contributed by atoms with E-state index < -0.39 is 11.6 Å². The number of benzene rings is 2. The summed E-state index contributed by atoms with van der Waals surface area (Å²) in [4.78, 5) is 24.3. The Morgan fingerprint density at radius 2 is 1.71 bits per heavy atom. The maximum atomic E-state index is 13.2. The van der Waals surface area contributed by atoms with Crippen molar-refractivity contribution < 1.29 is 18.4 Å². The van der Waals surface area contributed by atoms with Crippen molar-refractivity contribution in [2.24, 2.45) is 0 Å². The highest BCUT2D eigenvalue weighted by atomic mass is 32.2. The number of halogens is 2. The molecule has 0 spiro atoms. The fourth-order valence-electron chi connectivity index (χ4n) is 2.60. The van der Waals surface area contributed by atoms with Gasteiger partial charge in [-0.25, -0.2) is 8.78 Å². The molecule has 0 saturated heterocycles. The molecule has 1 atom stereocenters. The van der Waals surface area contributed by atoms with Gasteiger partial charge in [-0.1, -0.05) is 18.2 Å². The lowest BCUT2D eigenvalue weighted by Gasteiger charge is -2.13. The van der Waals surface area contributed by atoms with Crippen LogP contribution in [0.5, 0.6) is 0 Å². The average Bonchev–Trinajstić information content (AvgIpc) is 2.64. The molecule has 0 bridgehead atoms. The first-order valence-corrected chi connectivity index (χ1v) is 10.1. The van der Waals surface area contributed by atoms with Gasteiger partial charge >= 0.3 is 0 Å². The van der Waals surface area contributed by atoms with Crippen molar-refractivity contribution in [3.63, 3.8) is 0 Å². The zero-order valence-electron chi connectivity index (χ0n) is 16.1. The Balaban J connectivity index is 1.72. The molecule has 2 amide bonds. The number of carbonyl (C=O) groups is 2. The summed E-state index contributed by atoms with van der Waals surface area (Å²) in [5.41, 5.74) is 3.10. The largest absolute Gasteiger partial charge is 0.326 e. The van der Waals surface area contributed by atoms with Gasteiger partial charge in [-0.2, -0.15) is 0 Å². The zero-order chi connectivity index (χ0) is 20.7. The van der Waals surface area contributed by atoms with Gasteiger partial charge in [0.2, 0.25) is 11.8 Å². The fraction of sp³-hybridized carbons (Fsp3) is 0.333. The lowest BCUT2D eigenvalue weighted by Crippen LogP contribution is -2.23. The van der Waals surface area contributed by atoms with Gasteiger partial charge < -0.3 is 10.6 Å². The summed E-state index contributed by atoms with van der Waals surface area (Å²) in [6.07, 6.45) is 0.989. The summed E-state index contributed by atoms with van der Waals surface area (Å²) in [6, 6.07) is 9.08. The molecule has 0 saturated carbocycles. The van der Waals surface area contributed by atoms with Gasteiger partial charge in [-0.05, 0) is 56.2 Å². The maximum Gasteiger partial charge on any atom is 0.237 e. The van der Waals surface area contributed by atoms with Crippen LogP contribution in [0.4, 0.5) is 20.2 Å². The Labute approximate surface area is 168 Å². The van der Waals surface area contributed by atoms with Crippen LogP contribution in [0.3, 0.4) is 0 Å². The minimum absolute atomic E-state index is 0.0584. The highest BCUT2D eigenvalue weighted by Gasteiger charge is 2.15. The molecule has 4 nitrogen and oxygen atoms in total. The van der Waals surface area contributed by atoms with Gasteiger partial charge in [0.1, 0.15) is 0 Å². The van der Waals surface area contributed by atoms with E-state index in [2.05, 4.69) is 10.6 Å². The standard InChI is InChI=1S/C21H24F2N2O2S/c1-13-6-4-7-14(2)20(13)25-19(26)8-5-11-28-15(3)21(27)24-16-9-10-17(22)18(23)12-16/h4,6-7,9-10,12,15H,5,8,11H2,1-3H3,(H,24,27)(H,25,26). The van der Waals surface area contributed by atoms with Crippen LogP contribution in [0, 0.1) is 25.5 Å². The number of hydrogen-bond acceptors (Lipinski definition) is 3. The number of aryl methyl sites for hydroxylation is 2. The minimum Gasteiger partial charge on any atom is -0.326 e. The smallest absolute Gasteiger partial charge is 0.237 e. The Morgan fingerprint density at radius 3 is 2.36 bits per heavy atom. The number of para-hydroxylation sites is 1. The Morgan fingerprint density at radius 1 is 1.04 bits per heavy atom. The summed E-state index contributed by atoms with van der Waals surface area (Å²) < 4.78 is 26.1. The van der Waals surface area contributed by atoms with Crippen molar-refractivity contribution in [1.29, 1.82) is 0 Å². The molecule has 7 heteroatoms. The number of nitrogens with one attached hydrogen (secondary N) is 2. The third kappa shape index (κ3) is 6.34. The van der Waals surface area contributed by atoms with E-state index in [4.69, 9.17) is 0 Å². The normalized spacial score (nSPS) is 11.8. The van der Waals surface area contributed by atoms with E-state index in [-0.39, 0.29) is 22.8 Å². The van der Waals surface area contributed by atoms with Crippen LogP contribution in [0.15, 0.2) is 36.4 Å². The molecule has 0 aliphatic rings. The van der Waals surface area contributed by atoms with Crippen molar-refractivity contribution >= 4 is 35.0 Å². The van der Waals surface area contributed by atoms with Crippen molar-refractivity contribution in [1.82, 2.24) is 0 Å². The summed E-state index contributed by atoms with van der Waals surface area (Å²) in [5.74, 6) is -1.69. The van der Waals surface area contributed by atoms with Gasteiger partial charge in [0.05, 0.1) is 5.25 Å². The van der Waals surface area contributed by atoms with Crippen LogP contribution in [0.25, 0.3) is 0 Å². The molecule has 150 valence electrons. The third-order valence-corrected chi connectivity index (χ3v) is 5.46. The molecule has 1 unspecified atom stereocenters. The van der Waals surface area contributed by atoms with Crippen LogP contribution in [0.2, 0.25) is 0 Å². The van der Waals surface area contributed by atoms with E-state index in [0.29, 0.717) is 18.6 Å². The lowest BCUT2D eigenvalue weighted by atomic mass is 10.1. The maximum absolute atomic E-state index is 13.2. The van der Waals surface area contributed by atoms with E-state index in [1.807, 2.05) is 32.0 Å². The number of thioether (sulfide) groups is 1. The van der Waals surface area contributed by atoms with Gasteiger partial charge in [0.25, 0.3) is 0 Å². The molecule has 0 aromatic heterocycles. The molecular formula is C21H24F2N2O2S. The number of hydrogen-bond donors (Lipinski definition) is 2. The molecule has 0 radical (unpaired) electrons. The van der Waals surface area contributed by atoms with Crippen LogP contribution in [-0.2, 0) is 9.59 Å². The second-order valence-electron chi connectivity index (χ2n) is 6.55. The highest BCUT2D eigenvalue weighted by molar-refractivity contribution is 8.00. The summed E-state index contributed by atoms with van der Waals surface area (Å²) in [7, 11) is 0. The number of anilines is 2. The van der Waals surface area contributed by atoms with E-state index >= 15 is 0 Å².